The summed E-state index contributed by atoms with van der Waals surface area (Å²) < 4.78 is 12.8. The minimum absolute atomic E-state index is 0.168. The highest BCUT2D eigenvalue weighted by molar-refractivity contribution is 5.15. The smallest absolute Gasteiger partial charge is 0.123 e. The van der Waals surface area contributed by atoms with Crippen LogP contribution in [-0.4, -0.2) is 49.7 Å². The van der Waals surface area contributed by atoms with E-state index >= 15 is 0 Å². The number of nitrogens with one attached hydrogen (secondary N) is 1. The summed E-state index contributed by atoms with van der Waals surface area (Å²) >= 11 is 0. The highest BCUT2D eigenvalue weighted by Gasteiger charge is 2.11. The number of benzene rings is 1. The fraction of sp³-hybridized carbons (Fsp3) is 0.538. The second-order valence-electron chi connectivity index (χ2n) is 4.65. The Labute approximate surface area is 102 Å². The average molecular weight is 237 g/mol. The first kappa shape index (κ1) is 12.5. The first-order valence-corrected chi connectivity index (χ1v) is 6.10. The second kappa shape index (κ2) is 6.10. The van der Waals surface area contributed by atoms with Crippen LogP contribution >= 0.6 is 0 Å². The zero-order valence-corrected chi connectivity index (χ0v) is 10.3. The summed E-state index contributed by atoms with van der Waals surface area (Å²) in [6.07, 6.45) is 0. The van der Waals surface area contributed by atoms with Gasteiger partial charge in [0.2, 0.25) is 0 Å². The largest absolute Gasteiger partial charge is 0.314 e. The van der Waals surface area contributed by atoms with Crippen LogP contribution in [0.15, 0.2) is 24.3 Å². The molecule has 0 spiro atoms. The second-order valence-corrected chi connectivity index (χ2v) is 4.65. The average Bonchev–Trinajstić information content (AvgIpc) is 2.33. The van der Waals surface area contributed by atoms with Gasteiger partial charge in [0.25, 0.3) is 0 Å². The Morgan fingerprint density at radius 3 is 2.53 bits per heavy atom. The number of piperazine rings is 1. The summed E-state index contributed by atoms with van der Waals surface area (Å²) in [5.41, 5.74) is 1.16. The predicted octanol–water partition coefficient (Wildman–Crippen LogP) is 1.12. The molecule has 1 saturated heterocycles. The highest BCUT2D eigenvalue weighted by Crippen LogP contribution is 2.06. The van der Waals surface area contributed by atoms with Crippen molar-refractivity contribution in [3.8, 4) is 0 Å². The fourth-order valence-corrected chi connectivity index (χ4v) is 2.15. The Kier molecular flexibility index (Phi) is 4.48. The van der Waals surface area contributed by atoms with E-state index in [1.165, 1.54) is 12.1 Å². The first-order valence-electron chi connectivity index (χ1n) is 6.10. The van der Waals surface area contributed by atoms with E-state index in [4.69, 9.17) is 0 Å². The molecule has 1 fully saturated rings. The van der Waals surface area contributed by atoms with Crippen LogP contribution < -0.4 is 5.32 Å². The summed E-state index contributed by atoms with van der Waals surface area (Å²) in [4.78, 5) is 4.69. The molecule has 0 aliphatic carbocycles. The van der Waals surface area contributed by atoms with E-state index in [-0.39, 0.29) is 5.82 Å². The van der Waals surface area contributed by atoms with Gasteiger partial charge in [-0.1, -0.05) is 12.1 Å². The minimum atomic E-state index is -0.168. The summed E-state index contributed by atoms with van der Waals surface area (Å²) in [5.74, 6) is -0.168. The molecule has 17 heavy (non-hydrogen) atoms. The molecule has 94 valence electrons. The van der Waals surface area contributed by atoms with Crippen LogP contribution in [0.3, 0.4) is 0 Å². The van der Waals surface area contributed by atoms with Crippen molar-refractivity contribution < 1.29 is 4.39 Å². The third-order valence-corrected chi connectivity index (χ3v) is 3.02. The third-order valence-electron chi connectivity index (χ3n) is 3.02. The molecule has 1 aromatic carbocycles. The lowest BCUT2D eigenvalue weighted by atomic mass is 10.2. The molecule has 0 unspecified atom stereocenters. The van der Waals surface area contributed by atoms with Crippen LogP contribution in [0.25, 0.3) is 0 Å². The Morgan fingerprint density at radius 1 is 1.24 bits per heavy atom. The van der Waals surface area contributed by atoms with Crippen LogP contribution in [-0.2, 0) is 6.54 Å². The standard InChI is InChI=1S/C13H20FN3/c1-16(11-17-8-6-15-7-9-17)10-12-2-4-13(14)5-3-12/h2-5,15H,6-11H2,1H3. The van der Waals surface area contributed by atoms with Gasteiger partial charge in [0, 0.05) is 32.7 Å². The summed E-state index contributed by atoms with van der Waals surface area (Å²) in [6.45, 7) is 6.19. The lowest BCUT2D eigenvalue weighted by molar-refractivity contribution is 0.135. The van der Waals surface area contributed by atoms with Gasteiger partial charge < -0.3 is 5.32 Å². The molecule has 1 N–H and O–H groups in total. The Morgan fingerprint density at radius 2 is 1.88 bits per heavy atom. The van der Waals surface area contributed by atoms with Crippen LogP contribution in [0.2, 0.25) is 0 Å². The SMILES string of the molecule is CN(Cc1ccc(F)cc1)CN1CCNCC1. The summed E-state index contributed by atoms with van der Waals surface area (Å²) in [7, 11) is 2.10. The Hall–Kier alpha value is -0.970. The number of halogens is 1. The van der Waals surface area contributed by atoms with Gasteiger partial charge in [-0.15, -0.1) is 0 Å². The molecule has 0 aromatic heterocycles. The molecule has 1 aliphatic heterocycles. The molecule has 3 nitrogen and oxygen atoms in total. The zero-order valence-electron chi connectivity index (χ0n) is 10.3. The quantitative estimate of drug-likeness (QED) is 0.846. The van der Waals surface area contributed by atoms with Gasteiger partial charge in [-0.25, -0.2) is 4.39 Å². The third kappa shape index (κ3) is 4.07. The molecular weight excluding hydrogens is 217 g/mol. The molecular formula is C13H20FN3. The molecule has 2 rings (SSSR count). The number of nitrogens with zero attached hydrogens (tertiary/aromatic N) is 2. The molecule has 0 bridgehead atoms. The van der Waals surface area contributed by atoms with Crippen LogP contribution in [0.5, 0.6) is 0 Å². The molecule has 4 heteroatoms. The Bertz CT molecular complexity index is 333. The van der Waals surface area contributed by atoms with E-state index in [0.717, 1.165) is 45.0 Å². The van der Waals surface area contributed by atoms with Crippen molar-refractivity contribution >= 4 is 0 Å². The number of rotatable bonds is 4. The van der Waals surface area contributed by atoms with Gasteiger partial charge in [-0.3, -0.25) is 9.80 Å². The molecule has 1 aliphatic rings. The van der Waals surface area contributed by atoms with Gasteiger partial charge in [0.15, 0.2) is 0 Å². The van der Waals surface area contributed by atoms with Crippen molar-refractivity contribution in [2.45, 2.75) is 6.54 Å². The molecule has 0 atom stereocenters. The van der Waals surface area contributed by atoms with E-state index in [2.05, 4.69) is 22.2 Å². The summed E-state index contributed by atoms with van der Waals surface area (Å²) in [5, 5.41) is 3.34. The van der Waals surface area contributed by atoms with Crippen molar-refractivity contribution in [2.75, 3.05) is 39.9 Å². The molecule has 0 amide bonds. The highest BCUT2D eigenvalue weighted by atomic mass is 19.1. The zero-order chi connectivity index (χ0) is 12.1. The van der Waals surface area contributed by atoms with Crippen molar-refractivity contribution in [3.05, 3.63) is 35.6 Å². The fourth-order valence-electron chi connectivity index (χ4n) is 2.15. The molecule has 1 aromatic rings. The first-order chi connectivity index (χ1) is 8.24. The minimum Gasteiger partial charge on any atom is -0.314 e. The van der Waals surface area contributed by atoms with Crippen LogP contribution in [0, 0.1) is 5.82 Å². The van der Waals surface area contributed by atoms with Crippen molar-refractivity contribution in [1.82, 2.24) is 15.1 Å². The maximum Gasteiger partial charge on any atom is 0.123 e. The van der Waals surface area contributed by atoms with Crippen LogP contribution in [0.4, 0.5) is 4.39 Å². The van der Waals surface area contributed by atoms with E-state index in [1.54, 1.807) is 0 Å². The van der Waals surface area contributed by atoms with Crippen molar-refractivity contribution in [1.29, 1.82) is 0 Å². The monoisotopic (exact) mass is 237 g/mol. The topological polar surface area (TPSA) is 18.5 Å². The molecule has 1 heterocycles. The van der Waals surface area contributed by atoms with Gasteiger partial charge in [0.05, 0.1) is 6.67 Å². The van der Waals surface area contributed by atoms with Crippen molar-refractivity contribution in [2.24, 2.45) is 0 Å². The van der Waals surface area contributed by atoms with E-state index in [9.17, 15) is 4.39 Å². The van der Waals surface area contributed by atoms with E-state index in [1.807, 2.05) is 12.1 Å². The number of hydrogen-bond donors (Lipinski definition) is 1. The van der Waals surface area contributed by atoms with E-state index in [0.29, 0.717) is 0 Å². The van der Waals surface area contributed by atoms with Crippen LogP contribution in [0.1, 0.15) is 5.56 Å². The van der Waals surface area contributed by atoms with Gasteiger partial charge in [-0.2, -0.15) is 0 Å². The predicted molar refractivity (Wildman–Crippen MR) is 67.2 cm³/mol. The normalized spacial score (nSPS) is 17.6. The van der Waals surface area contributed by atoms with Gasteiger partial charge in [-0.05, 0) is 24.7 Å². The number of hydrogen-bond acceptors (Lipinski definition) is 3. The maximum atomic E-state index is 12.8. The van der Waals surface area contributed by atoms with Gasteiger partial charge in [0.1, 0.15) is 5.82 Å². The van der Waals surface area contributed by atoms with E-state index < -0.39 is 0 Å². The molecule has 0 radical (unpaired) electrons. The Balaban J connectivity index is 1.79. The maximum absolute atomic E-state index is 12.8. The van der Waals surface area contributed by atoms with Crippen molar-refractivity contribution in [3.63, 3.8) is 0 Å². The van der Waals surface area contributed by atoms with Gasteiger partial charge >= 0.3 is 0 Å². The lowest BCUT2D eigenvalue weighted by Crippen LogP contribution is -2.47. The lowest BCUT2D eigenvalue weighted by Gasteiger charge is -2.31. The molecule has 0 saturated carbocycles. The summed E-state index contributed by atoms with van der Waals surface area (Å²) in [6, 6.07) is 6.75.